The Morgan fingerprint density at radius 1 is 1.08 bits per heavy atom. The predicted octanol–water partition coefficient (Wildman–Crippen LogP) is 3.41. The number of rotatable bonds is 7. The van der Waals surface area contributed by atoms with Crippen LogP contribution in [0.15, 0.2) is 42.5 Å². The lowest BCUT2D eigenvalue weighted by molar-refractivity contribution is -0.127. The molecule has 0 radical (unpaired) electrons. The first-order valence-corrected chi connectivity index (χ1v) is 7.85. The van der Waals surface area contributed by atoms with Gasteiger partial charge in [0.05, 0.1) is 6.54 Å². The molecule has 0 fully saturated rings. The molecule has 0 aliphatic carbocycles. The Morgan fingerprint density at radius 2 is 1.71 bits per heavy atom. The van der Waals surface area contributed by atoms with Crippen molar-refractivity contribution in [1.29, 1.82) is 0 Å². The number of halogens is 1. The van der Waals surface area contributed by atoms with Crippen LogP contribution in [0.5, 0.6) is 11.5 Å². The zero-order valence-corrected chi connectivity index (χ0v) is 14.1. The molecule has 1 N–H and O–H groups in total. The second kappa shape index (κ2) is 8.34. The van der Waals surface area contributed by atoms with E-state index in [1.807, 2.05) is 26.0 Å². The summed E-state index contributed by atoms with van der Waals surface area (Å²) in [5.41, 5.74) is 2.27. The quantitative estimate of drug-likeness (QED) is 0.791. The molecule has 0 spiro atoms. The number of benzene rings is 2. The van der Waals surface area contributed by atoms with E-state index in [9.17, 15) is 9.18 Å². The van der Waals surface area contributed by atoms with Crippen LogP contribution in [0.25, 0.3) is 0 Å². The van der Waals surface area contributed by atoms with E-state index >= 15 is 0 Å². The minimum atomic E-state index is -0.670. The molecule has 0 saturated carbocycles. The SMILES string of the molecule is Cc1cc(C)cc(OCCNC(=O)C(C)Oc2ccc(F)cc2)c1. The highest BCUT2D eigenvalue weighted by Crippen LogP contribution is 2.16. The molecule has 0 saturated heterocycles. The molecule has 0 aliphatic rings. The molecule has 2 aromatic rings. The van der Waals surface area contributed by atoms with Crippen molar-refractivity contribution in [3.8, 4) is 11.5 Å². The maximum Gasteiger partial charge on any atom is 0.260 e. The van der Waals surface area contributed by atoms with Crippen LogP contribution >= 0.6 is 0 Å². The molecule has 2 aromatic carbocycles. The maximum absolute atomic E-state index is 12.8. The van der Waals surface area contributed by atoms with Gasteiger partial charge in [-0.2, -0.15) is 0 Å². The molecule has 1 atom stereocenters. The largest absolute Gasteiger partial charge is 0.492 e. The molecular weight excluding hydrogens is 309 g/mol. The van der Waals surface area contributed by atoms with Crippen molar-refractivity contribution in [2.75, 3.05) is 13.2 Å². The first-order chi connectivity index (χ1) is 11.4. The number of nitrogens with one attached hydrogen (secondary N) is 1. The summed E-state index contributed by atoms with van der Waals surface area (Å²) >= 11 is 0. The number of carbonyl (C=O) groups excluding carboxylic acids is 1. The van der Waals surface area contributed by atoms with Gasteiger partial charge in [-0.3, -0.25) is 4.79 Å². The third-order valence-corrected chi connectivity index (χ3v) is 3.36. The monoisotopic (exact) mass is 331 g/mol. The lowest BCUT2D eigenvalue weighted by Crippen LogP contribution is -2.38. The van der Waals surface area contributed by atoms with Crippen LogP contribution in [0.2, 0.25) is 0 Å². The van der Waals surface area contributed by atoms with Gasteiger partial charge >= 0.3 is 0 Å². The molecule has 128 valence electrons. The van der Waals surface area contributed by atoms with E-state index in [2.05, 4.69) is 11.4 Å². The van der Waals surface area contributed by atoms with Crippen molar-refractivity contribution in [3.05, 3.63) is 59.4 Å². The van der Waals surface area contributed by atoms with Gasteiger partial charge in [-0.1, -0.05) is 6.07 Å². The normalized spacial score (nSPS) is 11.7. The van der Waals surface area contributed by atoms with Crippen LogP contribution < -0.4 is 14.8 Å². The number of aryl methyl sites for hydroxylation is 2. The van der Waals surface area contributed by atoms with Gasteiger partial charge in [0.15, 0.2) is 6.10 Å². The molecule has 0 heterocycles. The molecule has 2 rings (SSSR count). The van der Waals surface area contributed by atoms with E-state index in [0.29, 0.717) is 18.9 Å². The van der Waals surface area contributed by atoms with Gasteiger partial charge in [-0.25, -0.2) is 4.39 Å². The first kappa shape index (κ1) is 17.8. The summed E-state index contributed by atoms with van der Waals surface area (Å²) in [4.78, 5) is 12.0. The summed E-state index contributed by atoms with van der Waals surface area (Å²) in [5, 5.41) is 2.75. The number of ether oxygens (including phenoxy) is 2. The maximum atomic E-state index is 12.8. The minimum absolute atomic E-state index is 0.247. The number of amides is 1. The summed E-state index contributed by atoms with van der Waals surface area (Å²) < 4.78 is 23.9. The fraction of sp³-hybridized carbons (Fsp3) is 0.316. The summed E-state index contributed by atoms with van der Waals surface area (Å²) in [7, 11) is 0. The first-order valence-electron chi connectivity index (χ1n) is 7.85. The Hall–Kier alpha value is -2.56. The molecule has 1 unspecified atom stereocenters. The highest BCUT2D eigenvalue weighted by molar-refractivity contribution is 5.80. The highest BCUT2D eigenvalue weighted by atomic mass is 19.1. The van der Waals surface area contributed by atoms with Crippen molar-refractivity contribution in [2.45, 2.75) is 26.9 Å². The van der Waals surface area contributed by atoms with Crippen molar-refractivity contribution >= 4 is 5.91 Å². The zero-order chi connectivity index (χ0) is 17.5. The minimum Gasteiger partial charge on any atom is -0.492 e. The number of hydrogen-bond donors (Lipinski definition) is 1. The summed E-state index contributed by atoms with van der Waals surface area (Å²) in [6.45, 7) is 6.41. The Bertz CT molecular complexity index is 665. The highest BCUT2D eigenvalue weighted by Gasteiger charge is 2.14. The van der Waals surface area contributed by atoms with Gasteiger partial charge in [0, 0.05) is 0 Å². The van der Waals surface area contributed by atoms with E-state index in [-0.39, 0.29) is 11.7 Å². The Kier molecular flexibility index (Phi) is 6.18. The fourth-order valence-electron chi connectivity index (χ4n) is 2.27. The van der Waals surface area contributed by atoms with E-state index in [4.69, 9.17) is 9.47 Å². The standard InChI is InChI=1S/C19H22FNO3/c1-13-10-14(2)12-18(11-13)23-9-8-21-19(22)15(3)24-17-6-4-16(20)5-7-17/h4-7,10-12,15H,8-9H2,1-3H3,(H,21,22). The van der Waals surface area contributed by atoms with Gasteiger partial charge < -0.3 is 14.8 Å². The van der Waals surface area contributed by atoms with Gasteiger partial charge in [-0.05, 0) is 68.3 Å². The van der Waals surface area contributed by atoms with Crippen LogP contribution in [0.1, 0.15) is 18.1 Å². The Morgan fingerprint density at radius 3 is 2.33 bits per heavy atom. The van der Waals surface area contributed by atoms with Gasteiger partial charge in [0.1, 0.15) is 23.9 Å². The van der Waals surface area contributed by atoms with E-state index in [1.54, 1.807) is 6.92 Å². The predicted molar refractivity (Wildman–Crippen MR) is 90.9 cm³/mol. The second-order valence-corrected chi connectivity index (χ2v) is 5.68. The third kappa shape index (κ3) is 5.57. The Labute approximate surface area is 141 Å². The topological polar surface area (TPSA) is 47.6 Å². The molecular formula is C19H22FNO3. The average Bonchev–Trinajstić information content (AvgIpc) is 2.52. The molecule has 4 nitrogen and oxygen atoms in total. The summed E-state index contributed by atoms with van der Waals surface area (Å²) in [6.07, 6.45) is -0.670. The van der Waals surface area contributed by atoms with E-state index in [1.165, 1.54) is 24.3 Å². The van der Waals surface area contributed by atoms with Gasteiger partial charge in [0.2, 0.25) is 0 Å². The molecule has 0 bridgehead atoms. The average molecular weight is 331 g/mol. The van der Waals surface area contributed by atoms with Gasteiger partial charge in [-0.15, -0.1) is 0 Å². The fourth-order valence-corrected chi connectivity index (χ4v) is 2.27. The van der Waals surface area contributed by atoms with E-state index < -0.39 is 6.10 Å². The van der Waals surface area contributed by atoms with Crippen LogP contribution in [0.4, 0.5) is 4.39 Å². The second-order valence-electron chi connectivity index (χ2n) is 5.68. The lowest BCUT2D eigenvalue weighted by atomic mass is 10.1. The van der Waals surface area contributed by atoms with Gasteiger partial charge in [0.25, 0.3) is 5.91 Å². The van der Waals surface area contributed by atoms with Crippen molar-refractivity contribution in [3.63, 3.8) is 0 Å². The molecule has 0 aliphatic heterocycles. The van der Waals surface area contributed by atoms with E-state index in [0.717, 1.165) is 16.9 Å². The molecule has 1 amide bonds. The van der Waals surface area contributed by atoms with Crippen LogP contribution in [0.3, 0.4) is 0 Å². The van der Waals surface area contributed by atoms with Crippen LogP contribution in [-0.4, -0.2) is 25.2 Å². The Balaban J connectivity index is 1.73. The molecule has 0 aromatic heterocycles. The number of carbonyl (C=O) groups is 1. The lowest BCUT2D eigenvalue weighted by Gasteiger charge is -2.15. The smallest absolute Gasteiger partial charge is 0.260 e. The summed E-state index contributed by atoms with van der Waals surface area (Å²) in [5.74, 6) is 0.647. The number of hydrogen-bond acceptors (Lipinski definition) is 3. The molecule has 24 heavy (non-hydrogen) atoms. The van der Waals surface area contributed by atoms with Crippen LogP contribution in [0, 0.1) is 19.7 Å². The zero-order valence-electron chi connectivity index (χ0n) is 14.1. The summed E-state index contributed by atoms with van der Waals surface area (Å²) in [6, 6.07) is 11.5. The van der Waals surface area contributed by atoms with Crippen molar-refractivity contribution in [2.24, 2.45) is 0 Å². The van der Waals surface area contributed by atoms with Crippen molar-refractivity contribution < 1.29 is 18.7 Å². The van der Waals surface area contributed by atoms with Crippen molar-refractivity contribution in [1.82, 2.24) is 5.32 Å². The third-order valence-electron chi connectivity index (χ3n) is 3.36. The molecule has 5 heteroatoms. The van der Waals surface area contributed by atoms with Crippen LogP contribution in [-0.2, 0) is 4.79 Å².